The predicted molar refractivity (Wildman–Crippen MR) is 59.5 cm³/mol. The van der Waals surface area contributed by atoms with E-state index in [1.54, 1.807) is 5.37 Å². The van der Waals surface area contributed by atoms with E-state index < -0.39 is 0 Å². The Morgan fingerprint density at radius 2 is 1.91 bits per heavy atom. The van der Waals surface area contributed by atoms with Crippen LogP contribution in [0.15, 0.2) is 0 Å². The highest BCUT2D eigenvalue weighted by molar-refractivity contribution is 7.79. The third-order valence-corrected chi connectivity index (χ3v) is 3.13. The molecule has 2 heteroatoms. The van der Waals surface area contributed by atoms with Crippen LogP contribution in [0, 0.1) is 11.3 Å². The van der Waals surface area contributed by atoms with Gasteiger partial charge in [0.2, 0.25) is 0 Å². The molecule has 0 bridgehead atoms. The maximum Gasteiger partial charge on any atom is -0.00445 e. The van der Waals surface area contributed by atoms with Crippen LogP contribution in [0.2, 0.25) is 0 Å². The van der Waals surface area contributed by atoms with E-state index in [9.17, 15) is 0 Å². The van der Waals surface area contributed by atoms with E-state index >= 15 is 0 Å². The van der Waals surface area contributed by atoms with Crippen LogP contribution in [0.5, 0.6) is 0 Å². The van der Waals surface area contributed by atoms with Crippen molar-refractivity contribution in [1.29, 1.82) is 0 Å². The minimum Gasteiger partial charge on any atom is -0.0935 e. The zero-order valence-corrected chi connectivity index (χ0v) is 9.10. The molecule has 0 aromatic rings. The Labute approximate surface area is 80.4 Å². The first-order valence-electron chi connectivity index (χ1n) is 3.94. The van der Waals surface area contributed by atoms with Crippen LogP contribution in [-0.2, 0) is 0 Å². The fourth-order valence-electron chi connectivity index (χ4n) is 0.806. The summed E-state index contributed by atoms with van der Waals surface area (Å²) >= 11 is 9.72. The van der Waals surface area contributed by atoms with Crippen molar-refractivity contribution < 1.29 is 0 Å². The fraction of sp³-hybridized carbons (Fsp3) is 0.778. The molecule has 0 aliphatic carbocycles. The van der Waals surface area contributed by atoms with E-state index in [1.807, 2.05) is 5.37 Å². The SMILES string of the molecule is CC(CCC=S)C(C)(C)C=S. The molecule has 1 atom stereocenters. The van der Waals surface area contributed by atoms with Crippen LogP contribution in [-0.4, -0.2) is 10.7 Å². The molecule has 0 rings (SSSR count). The van der Waals surface area contributed by atoms with Gasteiger partial charge < -0.3 is 0 Å². The van der Waals surface area contributed by atoms with Crippen LogP contribution in [0.1, 0.15) is 33.6 Å². The smallest absolute Gasteiger partial charge is 0.00445 e. The number of rotatable bonds is 5. The average molecular weight is 188 g/mol. The monoisotopic (exact) mass is 188 g/mol. The molecule has 0 fully saturated rings. The highest BCUT2D eigenvalue weighted by Crippen LogP contribution is 2.27. The van der Waals surface area contributed by atoms with E-state index in [1.165, 1.54) is 0 Å². The molecule has 1 unspecified atom stereocenters. The molecule has 0 aliphatic rings. The maximum atomic E-state index is 4.95. The first-order valence-corrected chi connectivity index (χ1v) is 4.89. The Bertz CT molecular complexity index is 138. The first kappa shape index (κ1) is 11.2. The predicted octanol–water partition coefficient (Wildman–Crippen LogP) is 3.43. The van der Waals surface area contributed by atoms with E-state index in [4.69, 9.17) is 24.4 Å². The van der Waals surface area contributed by atoms with Crippen molar-refractivity contribution in [2.75, 3.05) is 0 Å². The number of thiocarbonyl (C=S) groups is 2. The normalized spacial score (nSPS) is 14.1. The molecule has 0 heterocycles. The molecule has 0 spiro atoms. The van der Waals surface area contributed by atoms with Crippen LogP contribution in [0.25, 0.3) is 0 Å². The van der Waals surface area contributed by atoms with Gasteiger partial charge >= 0.3 is 0 Å². The van der Waals surface area contributed by atoms with Gasteiger partial charge in [0.05, 0.1) is 0 Å². The lowest BCUT2D eigenvalue weighted by Crippen LogP contribution is -2.22. The molecule has 0 N–H and O–H groups in total. The highest BCUT2D eigenvalue weighted by Gasteiger charge is 2.21. The fourth-order valence-corrected chi connectivity index (χ4v) is 1.17. The number of hydrogen-bond acceptors (Lipinski definition) is 2. The van der Waals surface area contributed by atoms with E-state index in [0.29, 0.717) is 5.92 Å². The van der Waals surface area contributed by atoms with Gasteiger partial charge in [0.1, 0.15) is 0 Å². The van der Waals surface area contributed by atoms with E-state index in [-0.39, 0.29) is 5.41 Å². The van der Waals surface area contributed by atoms with E-state index in [0.717, 1.165) is 12.8 Å². The zero-order valence-electron chi connectivity index (χ0n) is 7.46. The first-order chi connectivity index (χ1) is 5.04. The molecule has 0 radical (unpaired) electrons. The van der Waals surface area contributed by atoms with Gasteiger partial charge in [0, 0.05) is 0 Å². The lowest BCUT2D eigenvalue weighted by molar-refractivity contribution is 0.333. The second kappa shape index (κ2) is 4.94. The molecule has 0 aromatic heterocycles. The minimum absolute atomic E-state index is 0.174. The molecule has 0 amide bonds. The largest absolute Gasteiger partial charge is 0.0935 e. The minimum atomic E-state index is 0.174. The molecule has 64 valence electrons. The van der Waals surface area contributed by atoms with Gasteiger partial charge in [-0.3, -0.25) is 0 Å². The average Bonchev–Trinajstić information content (AvgIpc) is 2.00. The van der Waals surface area contributed by atoms with Gasteiger partial charge in [-0.25, -0.2) is 0 Å². The molecule has 11 heavy (non-hydrogen) atoms. The summed E-state index contributed by atoms with van der Waals surface area (Å²) in [6, 6.07) is 0. The van der Waals surface area contributed by atoms with Crippen molar-refractivity contribution in [3.05, 3.63) is 0 Å². The van der Waals surface area contributed by atoms with Crippen molar-refractivity contribution in [3.8, 4) is 0 Å². The van der Waals surface area contributed by atoms with Crippen molar-refractivity contribution in [3.63, 3.8) is 0 Å². The summed E-state index contributed by atoms with van der Waals surface area (Å²) in [4.78, 5) is 0. The van der Waals surface area contributed by atoms with Crippen molar-refractivity contribution in [1.82, 2.24) is 0 Å². The summed E-state index contributed by atoms with van der Waals surface area (Å²) in [7, 11) is 0. The van der Waals surface area contributed by atoms with Gasteiger partial charge in [0.15, 0.2) is 0 Å². The number of hydrogen-bond donors (Lipinski definition) is 0. The molecular formula is C9H16S2. The lowest BCUT2D eigenvalue weighted by atomic mass is 9.79. The Balaban J connectivity index is 3.89. The van der Waals surface area contributed by atoms with Crippen molar-refractivity contribution >= 4 is 35.2 Å². The standard InChI is InChI=1S/C9H16S2/c1-8(5-4-6-10)9(2,3)7-11/h6-8H,4-5H2,1-3H3. The van der Waals surface area contributed by atoms with Crippen molar-refractivity contribution in [2.45, 2.75) is 33.6 Å². The summed E-state index contributed by atoms with van der Waals surface area (Å²) in [6.45, 7) is 6.57. The van der Waals surface area contributed by atoms with Crippen LogP contribution in [0.4, 0.5) is 0 Å². The summed E-state index contributed by atoms with van der Waals surface area (Å²) < 4.78 is 0. The summed E-state index contributed by atoms with van der Waals surface area (Å²) in [5.41, 5.74) is 0.174. The van der Waals surface area contributed by atoms with Gasteiger partial charge in [-0.1, -0.05) is 45.2 Å². The molecule has 0 saturated heterocycles. The Hall–Kier alpha value is 0.180. The Morgan fingerprint density at radius 3 is 2.27 bits per heavy atom. The van der Waals surface area contributed by atoms with Crippen molar-refractivity contribution in [2.24, 2.45) is 11.3 Å². The molecule has 0 aliphatic heterocycles. The molecule has 0 saturated carbocycles. The van der Waals surface area contributed by atoms with Gasteiger partial charge in [0.25, 0.3) is 0 Å². The third-order valence-electron chi connectivity index (χ3n) is 2.29. The quantitative estimate of drug-likeness (QED) is 0.606. The molecular weight excluding hydrogens is 172 g/mol. The Morgan fingerprint density at radius 1 is 1.36 bits per heavy atom. The Kier molecular flexibility index (Phi) is 5.02. The van der Waals surface area contributed by atoms with E-state index in [2.05, 4.69) is 20.8 Å². The van der Waals surface area contributed by atoms with Gasteiger partial charge in [-0.05, 0) is 34.9 Å². The second-order valence-corrected chi connectivity index (χ2v) is 4.15. The third kappa shape index (κ3) is 3.92. The topological polar surface area (TPSA) is 0 Å². The highest BCUT2D eigenvalue weighted by atomic mass is 32.1. The summed E-state index contributed by atoms with van der Waals surface area (Å²) in [6.07, 6.45) is 2.16. The molecule has 0 nitrogen and oxygen atoms in total. The second-order valence-electron chi connectivity index (χ2n) is 3.58. The lowest BCUT2D eigenvalue weighted by Gasteiger charge is -2.26. The van der Waals surface area contributed by atoms with Gasteiger partial charge in [-0.15, -0.1) is 0 Å². The molecule has 0 aromatic carbocycles. The zero-order chi connectivity index (χ0) is 8.91. The van der Waals surface area contributed by atoms with Crippen LogP contribution in [0.3, 0.4) is 0 Å². The van der Waals surface area contributed by atoms with Crippen LogP contribution < -0.4 is 0 Å². The maximum absolute atomic E-state index is 4.95. The summed E-state index contributed by atoms with van der Waals surface area (Å²) in [5.74, 6) is 0.624. The van der Waals surface area contributed by atoms with Crippen LogP contribution >= 0.6 is 24.4 Å². The van der Waals surface area contributed by atoms with Gasteiger partial charge in [-0.2, -0.15) is 0 Å². The summed E-state index contributed by atoms with van der Waals surface area (Å²) in [5, 5.41) is 3.66.